The number of benzene rings is 1. The van der Waals surface area contributed by atoms with E-state index in [4.69, 9.17) is 9.72 Å². The van der Waals surface area contributed by atoms with Crippen LogP contribution in [0.15, 0.2) is 60.2 Å². The second-order valence-corrected chi connectivity index (χ2v) is 9.64. The van der Waals surface area contributed by atoms with Crippen LogP contribution in [0.1, 0.15) is 23.4 Å². The number of ether oxygens (including phenoxy) is 1. The first-order chi connectivity index (χ1) is 15.7. The molecule has 3 aromatic rings. The number of nitrogens with zero attached hydrogens (tertiary/aromatic N) is 4. The highest BCUT2D eigenvalue weighted by Gasteiger charge is 2.31. The molecular formula is C25H28N4O2S. The molecule has 1 saturated heterocycles. The largest absolute Gasteiger partial charge is 0.375 e. The lowest BCUT2D eigenvalue weighted by Gasteiger charge is -2.24. The Morgan fingerprint density at radius 1 is 1.06 bits per heavy atom. The van der Waals surface area contributed by atoms with E-state index in [1.54, 1.807) is 17.5 Å². The van der Waals surface area contributed by atoms with Crippen LogP contribution in [-0.2, 0) is 22.6 Å². The Labute approximate surface area is 192 Å². The number of rotatable bonds is 8. The van der Waals surface area contributed by atoms with Crippen molar-refractivity contribution in [1.82, 2.24) is 19.8 Å². The van der Waals surface area contributed by atoms with Crippen LogP contribution in [0.5, 0.6) is 0 Å². The molecule has 1 unspecified atom stereocenters. The molecule has 0 spiro atoms. The Hall–Kier alpha value is -2.61. The van der Waals surface area contributed by atoms with E-state index in [0.717, 1.165) is 35.0 Å². The topological polar surface area (TPSA) is 58.6 Å². The lowest BCUT2D eigenvalue weighted by molar-refractivity contribution is -0.132. The lowest BCUT2D eigenvalue weighted by atomic mass is 10.2. The minimum absolute atomic E-state index is 0.00674. The van der Waals surface area contributed by atoms with Gasteiger partial charge in [0.1, 0.15) is 5.01 Å². The first kappa shape index (κ1) is 21.2. The molecule has 1 aliphatic carbocycles. The smallest absolute Gasteiger partial charge is 0.237 e. The van der Waals surface area contributed by atoms with Crippen molar-refractivity contribution in [2.75, 3.05) is 26.2 Å². The molecule has 0 radical (unpaired) electrons. The third-order valence-corrected chi connectivity index (χ3v) is 6.77. The van der Waals surface area contributed by atoms with Crippen LogP contribution in [0.25, 0.3) is 11.3 Å². The van der Waals surface area contributed by atoms with Gasteiger partial charge in [-0.05, 0) is 30.4 Å². The number of amides is 1. The van der Waals surface area contributed by atoms with Gasteiger partial charge in [-0.15, -0.1) is 11.3 Å². The Bertz CT molecular complexity index is 1020. The van der Waals surface area contributed by atoms with Crippen molar-refractivity contribution in [1.29, 1.82) is 0 Å². The summed E-state index contributed by atoms with van der Waals surface area (Å²) in [5, 5.41) is 3.12. The molecule has 166 valence electrons. The van der Waals surface area contributed by atoms with Crippen molar-refractivity contribution >= 4 is 17.2 Å². The van der Waals surface area contributed by atoms with E-state index >= 15 is 0 Å². The van der Waals surface area contributed by atoms with Crippen LogP contribution in [0.4, 0.5) is 0 Å². The van der Waals surface area contributed by atoms with E-state index < -0.39 is 0 Å². The molecule has 2 aliphatic rings. The van der Waals surface area contributed by atoms with E-state index in [2.05, 4.69) is 27.4 Å². The van der Waals surface area contributed by atoms with Gasteiger partial charge in [0, 0.05) is 49.6 Å². The zero-order chi connectivity index (χ0) is 21.8. The Morgan fingerprint density at radius 2 is 1.94 bits per heavy atom. The van der Waals surface area contributed by atoms with Crippen molar-refractivity contribution in [2.24, 2.45) is 5.92 Å². The molecule has 6 nitrogen and oxygen atoms in total. The van der Waals surface area contributed by atoms with Gasteiger partial charge < -0.3 is 9.64 Å². The molecule has 0 N–H and O–H groups in total. The second-order valence-electron chi connectivity index (χ2n) is 8.70. The maximum atomic E-state index is 13.1. The van der Waals surface area contributed by atoms with E-state index in [0.29, 0.717) is 32.1 Å². The predicted octanol–water partition coefficient (Wildman–Crippen LogP) is 3.84. The molecule has 7 heteroatoms. The summed E-state index contributed by atoms with van der Waals surface area (Å²) in [6.45, 7) is 3.76. The van der Waals surface area contributed by atoms with Gasteiger partial charge in [0.25, 0.3) is 0 Å². The van der Waals surface area contributed by atoms with Crippen molar-refractivity contribution in [2.45, 2.75) is 32.0 Å². The number of aromatic nitrogens is 2. The molecule has 0 bridgehead atoms. The minimum Gasteiger partial charge on any atom is -0.375 e. The molecule has 3 heterocycles. The molecular weight excluding hydrogens is 420 g/mol. The fourth-order valence-electron chi connectivity index (χ4n) is 4.01. The average Bonchev–Trinajstić information content (AvgIpc) is 3.56. The Morgan fingerprint density at radius 3 is 2.72 bits per heavy atom. The van der Waals surface area contributed by atoms with Gasteiger partial charge in [-0.2, -0.15) is 0 Å². The maximum Gasteiger partial charge on any atom is 0.237 e. The van der Waals surface area contributed by atoms with E-state index in [-0.39, 0.29) is 12.0 Å². The lowest BCUT2D eigenvalue weighted by Crippen LogP contribution is -2.37. The van der Waals surface area contributed by atoms with E-state index in [1.165, 1.54) is 12.8 Å². The Balaban J connectivity index is 1.28. The zero-order valence-corrected chi connectivity index (χ0v) is 18.9. The summed E-state index contributed by atoms with van der Waals surface area (Å²) in [7, 11) is 0. The first-order valence-corrected chi connectivity index (χ1v) is 12.1. The van der Waals surface area contributed by atoms with E-state index in [1.807, 2.05) is 41.4 Å². The fourth-order valence-corrected chi connectivity index (χ4v) is 4.86. The minimum atomic E-state index is 0.00674. The molecule has 5 rings (SSSR count). The summed E-state index contributed by atoms with van der Waals surface area (Å²) >= 11 is 1.65. The van der Waals surface area contributed by atoms with Crippen LogP contribution < -0.4 is 0 Å². The van der Waals surface area contributed by atoms with Crippen molar-refractivity contribution in [3.63, 3.8) is 0 Å². The van der Waals surface area contributed by atoms with Gasteiger partial charge in [-0.25, -0.2) is 4.98 Å². The van der Waals surface area contributed by atoms with Gasteiger partial charge in [-0.3, -0.25) is 14.7 Å². The summed E-state index contributed by atoms with van der Waals surface area (Å²) in [5.74, 6) is 0.827. The van der Waals surface area contributed by atoms with Gasteiger partial charge in [0.15, 0.2) is 0 Å². The Kier molecular flexibility index (Phi) is 6.57. The van der Waals surface area contributed by atoms with Crippen LogP contribution in [0, 0.1) is 5.92 Å². The van der Waals surface area contributed by atoms with Gasteiger partial charge in [0.2, 0.25) is 5.91 Å². The maximum absolute atomic E-state index is 13.1. The molecule has 1 amide bonds. The zero-order valence-electron chi connectivity index (χ0n) is 18.1. The quantitative estimate of drug-likeness (QED) is 0.524. The second kappa shape index (κ2) is 9.90. The van der Waals surface area contributed by atoms with Crippen molar-refractivity contribution in [3.8, 4) is 11.3 Å². The highest BCUT2D eigenvalue weighted by Crippen LogP contribution is 2.30. The molecule has 1 aromatic carbocycles. The summed E-state index contributed by atoms with van der Waals surface area (Å²) in [6.07, 6.45) is 6.12. The number of thiazole rings is 1. The van der Waals surface area contributed by atoms with Gasteiger partial charge in [0.05, 0.1) is 24.9 Å². The SMILES string of the molecule is O=C1CN(Cc2nc(-c3ccccc3)cs2)CC(OCC2CC2)CN1Cc1cccnc1. The van der Waals surface area contributed by atoms with Crippen LogP contribution in [-0.4, -0.2) is 58.0 Å². The molecule has 1 saturated carbocycles. The summed E-state index contributed by atoms with van der Waals surface area (Å²) < 4.78 is 6.28. The molecule has 2 aromatic heterocycles. The highest BCUT2D eigenvalue weighted by molar-refractivity contribution is 7.09. The third kappa shape index (κ3) is 5.59. The fraction of sp³-hybridized carbons (Fsp3) is 0.400. The monoisotopic (exact) mass is 448 g/mol. The molecule has 1 atom stereocenters. The van der Waals surface area contributed by atoms with Crippen LogP contribution >= 0.6 is 11.3 Å². The summed E-state index contributed by atoms with van der Waals surface area (Å²) in [5.41, 5.74) is 3.16. The molecule has 2 fully saturated rings. The van der Waals surface area contributed by atoms with Crippen molar-refractivity contribution < 1.29 is 9.53 Å². The number of carbonyl (C=O) groups excluding carboxylic acids is 1. The van der Waals surface area contributed by atoms with E-state index in [9.17, 15) is 4.79 Å². The summed E-state index contributed by atoms with van der Waals surface area (Å²) in [4.78, 5) is 26.3. The number of hydrogen-bond acceptors (Lipinski definition) is 6. The van der Waals surface area contributed by atoms with Gasteiger partial charge >= 0.3 is 0 Å². The van der Waals surface area contributed by atoms with Gasteiger partial charge in [-0.1, -0.05) is 36.4 Å². The number of hydrogen-bond donors (Lipinski definition) is 0. The van der Waals surface area contributed by atoms with Crippen LogP contribution in [0.3, 0.4) is 0 Å². The number of pyridine rings is 1. The molecule has 1 aliphatic heterocycles. The summed E-state index contributed by atoms with van der Waals surface area (Å²) in [6, 6.07) is 14.2. The third-order valence-electron chi connectivity index (χ3n) is 5.94. The average molecular weight is 449 g/mol. The standard InChI is InChI=1S/C25H28N4O2S/c30-25-16-28(15-24-27-23(18-32-24)21-6-2-1-3-7-21)13-22(31-17-19-8-9-19)14-29(25)12-20-5-4-10-26-11-20/h1-7,10-11,18-19,22H,8-9,12-17H2. The molecule has 32 heavy (non-hydrogen) atoms. The first-order valence-electron chi connectivity index (χ1n) is 11.2. The predicted molar refractivity (Wildman–Crippen MR) is 125 cm³/mol. The highest BCUT2D eigenvalue weighted by atomic mass is 32.1. The number of carbonyl (C=O) groups is 1. The van der Waals surface area contributed by atoms with Crippen LogP contribution in [0.2, 0.25) is 0 Å². The van der Waals surface area contributed by atoms with Crippen molar-refractivity contribution in [3.05, 3.63) is 70.8 Å². The normalized spacial score (nSPS) is 19.8.